The minimum Gasteiger partial charge on any atom is -0.481 e. The van der Waals surface area contributed by atoms with Crippen LogP contribution in [-0.4, -0.2) is 26.2 Å². The first-order valence-electron chi connectivity index (χ1n) is 5.82. The zero-order chi connectivity index (χ0) is 13.7. The Balaban J connectivity index is 1.96. The van der Waals surface area contributed by atoms with E-state index < -0.39 is 5.97 Å². The fourth-order valence-electron chi connectivity index (χ4n) is 1.56. The smallest absolute Gasteiger partial charge is 0.303 e. The summed E-state index contributed by atoms with van der Waals surface area (Å²) in [5, 5.41) is 12.8. The normalized spacial score (nSPS) is 10.6. The van der Waals surface area contributed by atoms with Crippen LogP contribution in [0.2, 0.25) is 5.02 Å². The molecule has 19 heavy (non-hydrogen) atoms. The first kappa shape index (κ1) is 13.5. The van der Waals surface area contributed by atoms with Gasteiger partial charge in [-0.2, -0.15) is 4.98 Å². The molecule has 0 unspecified atom stereocenters. The van der Waals surface area contributed by atoms with Gasteiger partial charge in [-0.3, -0.25) is 9.78 Å². The number of carboxylic acids is 1. The topological polar surface area (TPSA) is 89.1 Å². The lowest BCUT2D eigenvalue weighted by Gasteiger charge is -1.95. The largest absolute Gasteiger partial charge is 0.481 e. The number of aryl methyl sites for hydroxylation is 1. The summed E-state index contributed by atoms with van der Waals surface area (Å²) in [6.45, 7) is 0. The summed E-state index contributed by atoms with van der Waals surface area (Å²) in [6, 6.07) is 3.42. The van der Waals surface area contributed by atoms with Crippen LogP contribution in [0.25, 0.3) is 11.5 Å². The van der Waals surface area contributed by atoms with Crippen molar-refractivity contribution >= 4 is 17.6 Å². The number of nitrogens with zero attached hydrogens (tertiary/aromatic N) is 3. The second kappa shape index (κ2) is 6.29. The van der Waals surface area contributed by atoms with Crippen LogP contribution in [-0.2, 0) is 11.2 Å². The molecule has 6 nitrogen and oxygen atoms in total. The monoisotopic (exact) mass is 281 g/mol. The number of unbranched alkanes of at least 4 members (excludes halogenated alkanes) is 1. The molecule has 2 aromatic rings. The van der Waals surface area contributed by atoms with Crippen LogP contribution in [0.1, 0.15) is 25.2 Å². The Bertz CT molecular complexity index is 571. The van der Waals surface area contributed by atoms with Gasteiger partial charge in [0.15, 0.2) is 0 Å². The summed E-state index contributed by atoms with van der Waals surface area (Å²) in [6.07, 6.45) is 3.56. The van der Waals surface area contributed by atoms with Crippen molar-refractivity contribution in [2.75, 3.05) is 0 Å². The average molecular weight is 282 g/mol. The quantitative estimate of drug-likeness (QED) is 0.819. The number of carboxylic acid groups (broad SMARTS) is 1. The number of carbonyl (C=O) groups is 1. The Morgan fingerprint density at radius 1 is 1.42 bits per heavy atom. The van der Waals surface area contributed by atoms with E-state index in [9.17, 15) is 4.79 Å². The van der Waals surface area contributed by atoms with E-state index in [0.29, 0.717) is 41.7 Å². The van der Waals surface area contributed by atoms with E-state index in [1.165, 1.54) is 0 Å². The molecule has 0 aliphatic rings. The average Bonchev–Trinajstić information content (AvgIpc) is 2.83. The molecule has 2 aromatic heterocycles. The second-order valence-corrected chi connectivity index (χ2v) is 4.35. The standard InChI is InChI=1S/C12H12ClN3O3/c13-8-4-3-7-14-11(8)12-15-9(19-16-12)5-1-2-6-10(17)18/h3-4,7H,1-2,5-6H2,(H,17,18). The van der Waals surface area contributed by atoms with Crippen LogP contribution in [0.5, 0.6) is 0 Å². The van der Waals surface area contributed by atoms with Crippen molar-refractivity contribution in [1.82, 2.24) is 15.1 Å². The first-order chi connectivity index (χ1) is 9.16. The number of hydrogen-bond donors (Lipinski definition) is 1. The predicted octanol–water partition coefficient (Wildman–Crippen LogP) is 2.58. The molecule has 1 N–H and O–H groups in total. The predicted molar refractivity (Wildman–Crippen MR) is 67.7 cm³/mol. The highest BCUT2D eigenvalue weighted by Gasteiger charge is 2.12. The molecule has 2 heterocycles. The van der Waals surface area contributed by atoms with Gasteiger partial charge in [-0.25, -0.2) is 0 Å². The molecule has 7 heteroatoms. The molecule has 0 bridgehead atoms. The van der Waals surface area contributed by atoms with Gasteiger partial charge in [0.25, 0.3) is 0 Å². The molecule has 0 aliphatic heterocycles. The van der Waals surface area contributed by atoms with Crippen molar-refractivity contribution in [3.05, 3.63) is 29.2 Å². The number of hydrogen-bond acceptors (Lipinski definition) is 5. The Kier molecular flexibility index (Phi) is 4.46. The molecule has 100 valence electrons. The van der Waals surface area contributed by atoms with Gasteiger partial charge in [0, 0.05) is 19.0 Å². The van der Waals surface area contributed by atoms with Gasteiger partial charge in [0.2, 0.25) is 11.7 Å². The van der Waals surface area contributed by atoms with Gasteiger partial charge < -0.3 is 9.63 Å². The van der Waals surface area contributed by atoms with Gasteiger partial charge >= 0.3 is 5.97 Å². The van der Waals surface area contributed by atoms with E-state index in [0.717, 1.165) is 0 Å². The molecule has 0 radical (unpaired) electrons. The molecule has 0 aromatic carbocycles. The van der Waals surface area contributed by atoms with E-state index in [-0.39, 0.29) is 6.42 Å². The van der Waals surface area contributed by atoms with E-state index in [1.54, 1.807) is 18.3 Å². The van der Waals surface area contributed by atoms with Crippen LogP contribution in [0, 0.1) is 0 Å². The maximum absolute atomic E-state index is 10.4. The summed E-state index contributed by atoms with van der Waals surface area (Å²) < 4.78 is 5.07. The summed E-state index contributed by atoms with van der Waals surface area (Å²) in [5.41, 5.74) is 0.477. The molecule has 0 fully saturated rings. The maximum Gasteiger partial charge on any atom is 0.303 e. The molecule has 0 atom stereocenters. The highest BCUT2D eigenvalue weighted by molar-refractivity contribution is 6.32. The fraction of sp³-hybridized carbons (Fsp3) is 0.333. The lowest BCUT2D eigenvalue weighted by atomic mass is 10.2. The molecule has 2 rings (SSSR count). The number of aromatic nitrogens is 3. The van der Waals surface area contributed by atoms with Crippen LogP contribution < -0.4 is 0 Å². The zero-order valence-electron chi connectivity index (χ0n) is 10.0. The fourth-order valence-corrected chi connectivity index (χ4v) is 1.76. The minimum absolute atomic E-state index is 0.146. The van der Waals surface area contributed by atoms with Crippen LogP contribution >= 0.6 is 11.6 Å². The highest BCUT2D eigenvalue weighted by atomic mass is 35.5. The number of aliphatic carboxylic acids is 1. The number of pyridine rings is 1. The molecular formula is C12H12ClN3O3. The molecule has 0 spiro atoms. The minimum atomic E-state index is -0.800. The Morgan fingerprint density at radius 3 is 3.00 bits per heavy atom. The maximum atomic E-state index is 10.4. The van der Waals surface area contributed by atoms with Crippen LogP contribution in [0.15, 0.2) is 22.9 Å². The Morgan fingerprint density at radius 2 is 2.26 bits per heavy atom. The first-order valence-corrected chi connectivity index (χ1v) is 6.20. The lowest BCUT2D eigenvalue weighted by molar-refractivity contribution is -0.137. The summed E-state index contributed by atoms with van der Waals surface area (Å²) in [4.78, 5) is 18.6. The molecule has 0 amide bonds. The van der Waals surface area contributed by atoms with E-state index in [4.69, 9.17) is 21.2 Å². The van der Waals surface area contributed by atoms with Gasteiger partial charge in [-0.05, 0) is 25.0 Å². The second-order valence-electron chi connectivity index (χ2n) is 3.95. The summed E-state index contributed by atoms with van der Waals surface area (Å²) >= 11 is 5.98. The molecule has 0 saturated heterocycles. The van der Waals surface area contributed by atoms with E-state index in [2.05, 4.69) is 15.1 Å². The van der Waals surface area contributed by atoms with Crippen molar-refractivity contribution < 1.29 is 14.4 Å². The third-order valence-electron chi connectivity index (χ3n) is 2.47. The Hall–Kier alpha value is -1.95. The SMILES string of the molecule is O=C(O)CCCCc1nc(-c2ncccc2Cl)no1. The van der Waals surface area contributed by atoms with E-state index >= 15 is 0 Å². The highest BCUT2D eigenvalue weighted by Crippen LogP contribution is 2.22. The summed E-state index contributed by atoms with van der Waals surface area (Å²) in [7, 11) is 0. The van der Waals surface area contributed by atoms with Gasteiger partial charge in [-0.1, -0.05) is 16.8 Å². The molecular weight excluding hydrogens is 270 g/mol. The number of rotatable bonds is 6. The zero-order valence-corrected chi connectivity index (χ0v) is 10.8. The van der Waals surface area contributed by atoms with Crippen LogP contribution in [0.3, 0.4) is 0 Å². The lowest BCUT2D eigenvalue weighted by Crippen LogP contribution is -1.95. The van der Waals surface area contributed by atoms with Gasteiger partial charge in [0.05, 0.1) is 5.02 Å². The van der Waals surface area contributed by atoms with Crippen molar-refractivity contribution in [2.45, 2.75) is 25.7 Å². The van der Waals surface area contributed by atoms with Gasteiger partial charge in [0.1, 0.15) is 5.69 Å². The van der Waals surface area contributed by atoms with E-state index in [1.807, 2.05) is 0 Å². The Labute approximate surface area is 114 Å². The van der Waals surface area contributed by atoms with Gasteiger partial charge in [-0.15, -0.1) is 0 Å². The number of halogens is 1. The third-order valence-corrected chi connectivity index (χ3v) is 2.77. The van der Waals surface area contributed by atoms with Crippen molar-refractivity contribution in [3.8, 4) is 11.5 Å². The van der Waals surface area contributed by atoms with Crippen LogP contribution in [0.4, 0.5) is 0 Å². The third kappa shape index (κ3) is 3.75. The summed E-state index contributed by atoms with van der Waals surface area (Å²) in [5.74, 6) is 0.00688. The molecule has 0 saturated carbocycles. The van der Waals surface area contributed by atoms with Crippen molar-refractivity contribution in [2.24, 2.45) is 0 Å². The molecule has 0 aliphatic carbocycles. The van der Waals surface area contributed by atoms with Crippen molar-refractivity contribution in [3.63, 3.8) is 0 Å². The van der Waals surface area contributed by atoms with Crippen molar-refractivity contribution in [1.29, 1.82) is 0 Å².